The van der Waals surface area contributed by atoms with Gasteiger partial charge in [0.05, 0.1) is 19.8 Å². The highest BCUT2D eigenvalue weighted by atomic mass is 19.1. The second-order valence-corrected chi connectivity index (χ2v) is 5.44. The molecule has 28 heavy (non-hydrogen) atoms. The third kappa shape index (κ3) is 5.70. The summed E-state index contributed by atoms with van der Waals surface area (Å²) in [5.41, 5.74) is 0.230. The third-order valence-corrected chi connectivity index (χ3v) is 3.54. The molecule has 0 fully saturated rings. The van der Waals surface area contributed by atoms with Crippen molar-refractivity contribution in [2.45, 2.75) is 0 Å². The van der Waals surface area contributed by atoms with Gasteiger partial charge in [-0.2, -0.15) is 0 Å². The molecular weight excluding hydrogens is 371 g/mol. The molecule has 2 rings (SSSR count). The summed E-state index contributed by atoms with van der Waals surface area (Å²) >= 11 is 0. The number of benzene rings is 2. The van der Waals surface area contributed by atoms with Gasteiger partial charge in [0.2, 0.25) is 0 Å². The van der Waals surface area contributed by atoms with Gasteiger partial charge in [0.15, 0.2) is 18.1 Å². The molecule has 8 nitrogen and oxygen atoms in total. The van der Waals surface area contributed by atoms with Crippen molar-refractivity contribution in [1.29, 1.82) is 0 Å². The molecule has 0 bridgehead atoms. The zero-order valence-corrected chi connectivity index (χ0v) is 15.3. The number of amides is 2. The average Bonchev–Trinajstić information content (AvgIpc) is 2.70. The van der Waals surface area contributed by atoms with Crippen LogP contribution in [-0.4, -0.2) is 45.2 Å². The minimum Gasteiger partial charge on any atom is -0.493 e. The highest BCUT2D eigenvalue weighted by Crippen LogP contribution is 2.29. The van der Waals surface area contributed by atoms with E-state index < -0.39 is 36.8 Å². The molecule has 0 atom stereocenters. The molecule has 2 aromatic carbocycles. The Labute approximate surface area is 160 Å². The first-order valence-corrected chi connectivity index (χ1v) is 8.14. The third-order valence-electron chi connectivity index (χ3n) is 3.54. The van der Waals surface area contributed by atoms with Crippen molar-refractivity contribution in [3.8, 4) is 11.5 Å². The smallest absolute Gasteiger partial charge is 0.325 e. The summed E-state index contributed by atoms with van der Waals surface area (Å²) in [5, 5.41) is 4.76. The Morgan fingerprint density at radius 1 is 1.00 bits per heavy atom. The maximum atomic E-state index is 13.5. The molecule has 0 aliphatic carbocycles. The van der Waals surface area contributed by atoms with Gasteiger partial charge in [0.1, 0.15) is 12.4 Å². The maximum absolute atomic E-state index is 13.5. The minimum atomic E-state index is -0.841. The van der Waals surface area contributed by atoms with Crippen molar-refractivity contribution in [3.63, 3.8) is 0 Å². The molecule has 0 aromatic heterocycles. The van der Waals surface area contributed by atoms with E-state index in [2.05, 4.69) is 10.6 Å². The second-order valence-electron chi connectivity index (χ2n) is 5.44. The first-order valence-electron chi connectivity index (χ1n) is 8.14. The summed E-state index contributed by atoms with van der Waals surface area (Å²) in [5.74, 6) is -1.97. The molecule has 0 unspecified atom stereocenters. The highest BCUT2D eigenvalue weighted by Gasteiger charge is 2.14. The number of hydrogen-bond donors (Lipinski definition) is 2. The fourth-order valence-electron chi connectivity index (χ4n) is 2.20. The summed E-state index contributed by atoms with van der Waals surface area (Å²) < 4.78 is 28.5. The van der Waals surface area contributed by atoms with Gasteiger partial charge in [-0.15, -0.1) is 0 Å². The van der Waals surface area contributed by atoms with Crippen LogP contribution in [0.2, 0.25) is 0 Å². The molecule has 0 heterocycles. The number of esters is 1. The number of ether oxygens (including phenoxy) is 3. The van der Waals surface area contributed by atoms with Crippen LogP contribution < -0.4 is 20.1 Å². The Morgan fingerprint density at radius 2 is 1.71 bits per heavy atom. The van der Waals surface area contributed by atoms with Crippen LogP contribution in [0.25, 0.3) is 0 Å². The van der Waals surface area contributed by atoms with Crippen molar-refractivity contribution in [3.05, 3.63) is 53.8 Å². The predicted molar refractivity (Wildman–Crippen MR) is 97.9 cm³/mol. The van der Waals surface area contributed by atoms with E-state index in [9.17, 15) is 18.8 Å². The molecule has 148 valence electrons. The summed E-state index contributed by atoms with van der Waals surface area (Å²) in [4.78, 5) is 35.3. The number of halogens is 1. The molecule has 0 spiro atoms. The van der Waals surface area contributed by atoms with Gasteiger partial charge in [0.25, 0.3) is 11.8 Å². The summed E-state index contributed by atoms with van der Waals surface area (Å²) in [6, 6.07) is 10.1. The number of hydrogen-bond acceptors (Lipinski definition) is 6. The van der Waals surface area contributed by atoms with Crippen LogP contribution in [0.15, 0.2) is 42.5 Å². The lowest BCUT2D eigenvalue weighted by Crippen LogP contribution is -2.32. The standard InChI is InChI=1S/C19H19FN2O6/c1-26-15-8-7-12(9-16(15)27-2)22-17(23)11-28-18(24)10-21-19(25)13-5-3-4-6-14(13)20/h3-9H,10-11H2,1-2H3,(H,21,25)(H,22,23). The minimum absolute atomic E-state index is 0.193. The lowest BCUT2D eigenvalue weighted by Gasteiger charge is -2.11. The quantitative estimate of drug-likeness (QED) is 0.666. The van der Waals surface area contributed by atoms with Crippen LogP contribution in [0.1, 0.15) is 10.4 Å². The first-order chi connectivity index (χ1) is 13.4. The number of carbonyl (C=O) groups excluding carboxylic acids is 3. The maximum Gasteiger partial charge on any atom is 0.325 e. The van der Waals surface area contributed by atoms with Crippen molar-refractivity contribution in [1.82, 2.24) is 5.32 Å². The molecule has 0 radical (unpaired) electrons. The number of rotatable bonds is 8. The zero-order chi connectivity index (χ0) is 20.5. The number of nitrogens with one attached hydrogen (secondary N) is 2. The van der Waals surface area contributed by atoms with Gasteiger partial charge in [-0.3, -0.25) is 14.4 Å². The monoisotopic (exact) mass is 390 g/mol. The van der Waals surface area contributed by atoms with Gasteiger partial charge < -0.3 is 24.8 Å². The summed E-state index contributed by atoms with van der Waals surface area (Å²) in [6.07, 6.45) is 0. The molecule has 0 aliphatic heterocycles. The van der Waals surface area contributed by atoms with E-state index >= 15 is 0 Å². The molecule has 0 aliphatic rings. The molecule has 9 heteroatoms. The zero-order valence-electron chi connectivity index (χ0n) is 15.3. The lowest BCUT2D eigenvalue weighted by atomic mass is 10.2. The molecule has 0 saturated carbocycles. The van der Waals surface area contributed by atoms with E-state index in [1.165, 1.54) is 32.4 Å². The Bertz CT molecular complexity index is 871. The number of methoxy groups -OCH3 is 2. The Kier molecular flexibility index (Phi) is 7.32. The molecular formula is C19H19FN2O6. The van der Waals surface area contributed by atoms with Crippen LogP contribution >= 0.6 is 0 Å². The van der Waals surface area contributed by atoms with Gasteiger partial charge in [0, 0.05) is 11.8 Å². The molecule has 2 N–H and O–H groups in total. The molecule has 2 aromatic rings. The topological polar surface area (TPSA) is 103 Å². The van der Waals surface area contributed by atoms with Crippen LogP contribution in [0, 0.1) is 5.82 Å². The van der Waals surface area contributed by atoms with Crippen molar-refractivity contribution in [2.24, 2.45) is 0 Å². The normalized spacial score (nSPS) is 9.96. The van der Waals surface area contributed by atoms with E-state index in [0.29, 0.717) is 17.2 Å². The van der Waals surface area contributed by atoms with Gasteiger partial charge in [-0.25, -0.2) is 4.39 Å². The summed E-state index contributed by atoms with van der Waals surface area (Å²) in [6.45, 7) is -1.06. The lowest BCUT2D eigenvalue weighted by molar-refractivity contribution is -0.146. The van der Waals surface area contributed by atoms with Crippen molar-refractivity contribution < 1.29 is 33.0 Å². The van der Waals surface area contributed by atoms with Gasteiger partial charge in [-0.1, -0.05) is 12.1 Å². The average molecular weight is 390 g/mol. The SMILES string of the molecule is COc1ccc(NC(=O)COC(=O)CNC(=O)c2ccccc2F)cc1OC. The Hall–Kier alpha value is -3.62. The van der Waals surface area contributed by atoms with Crippen LogP contribution in [0.3, 0.4) is 0 Å². The van der Waals surface area contributed by atoms with E-state index in [4.69, 9.17) is 14.2 Å². The first kappa shape index (κ1) is 20.7. The van der Waals surface area contributed by atoms with E-state index in [-0.39, 0.29) is 5.56 Å². The van der Waals surface area contributed by atoms with E-state index in [0.717, 1.165) is 6.07 Å². The fourth-order valence-corrected chi connectivity index (χ4v) is 2.20. The number of carbonyl (C=O) groups is 3. The van der Waals surface area contributed by atoms with Crippen LogP contribution in [-0.2, 0) is 14.3 Å². The highest BCUT2D eigenvalue weighted by molar-refractivity contribution is 5.96. The van der Waals surface area contributed by atoms with E-state index in [1.807, 2.05) is 0 Å². The fraction of sp³-hybridized carbons (Fsp3) is 0.211. The van der Waals surface area contributed by atoms with E-state index in [1.54, 1.807) is 18.2 Å². The largest absolute Gasteiger partial charge is 0.493 e. The van der Waals surface area contributed by atoms with Crippen LogP contribution in [0.4, 0.5) is 10.1 Å². The second kappa shape index (κ2) is 9.91. The number of anilines is 1. The van der Waals surface area contributed by atoms with Gasteiger partial charge >= 0.3 is 5.97 Å². The van der Waals surface area contributed by atoms with Crippen LogP contribution in [0.5, 0.6) is 11.5 Å². The van der Waals surface area contributed by atoms with Crippen molar-refractivity contribution in [2.75, 3.05) is 32.7 Å². The Morgan fingerprint density at radius 3 is 2.39 bits per heavy atom. The molecule has 0 saturated heterocycles. The molecule has 2 amide bonds. The van der Waals surface area contributed by atoms with Crippen molar-refractivity contribution >= 4 is 23.5 Å². The summed E-state index contributed by atoms with van der Waals surface area (Å²) in [7, 11) is 2.95. The Balaban J connectivity index is 1.79. The predicted octanol–water partition coefficient (Wildman–Crippen LogP) is 1.75. The van der Waals surface area contributed by atoms with Gasteiger partial charge in [-0.05, 0) is 24.3 Å².